The van der Waals surface area contributed by atoms with Crippen molar-refractivity contribution in [2.24, 2.45) is 5.73 Å². The summed E-state index contributed by atoms with van der Waals surface area (Å²) in [5, 5.41) is 1.95. The summed E-state index contributed by atoms with van der Waals surface area (Å²) in [6, 6.07) is 8.23. The third-order valence-electron chi connectivity index (χ3n) is 3.03. The molecule has 2 rings (SSSR count). The van der Waals surface area contributed by atoms with Gasteiger partial charge in [0.05, 0.1) is 4.90 Å². The molecule has 5 nitrogen and oxygen atoms in total. The zero-order valence-corrected chi connectivity index (χ0v) is 13.1. The zero-order valence-electron chi connectivity index (χ0n) is 11.5. The summed E-state index contributed by atoms with van der Waals surface area (Å²) in [6.07, 6.45) is 0.630. The number of carbonyl (C=O) groups is 1. The van der Waals surface area contributed by atoms with Crippen LogP contribution in [0.3, 0.4) is 0 Å². The van der Waals surface area contributed by atoms with E-state index in [-0.39, 0.29) is 10.5 Å². The zero-order chi connectivity index (χ0) is 15.5. The molecule has 0 aliphatic heterocycles. The summed E-state index contributed by atoms with van der Waals surface area (Å²) in [4.78, 5) is 12.4. The topological polar surface area (TPSA) is 89.3 Å². The van der Waals surface area contributed by atoms with Crippen molar-refractivity contribution < 1.29 is 13.2 Å². The minimum Gasteiger partial charge on any atom is -0.366 e. The molecule has 3 N–H and O–H groups in total. The second-order valence-electron chi connectivity index (χ2n) is 4.57. The first-order valence-corrected chi connectivity index (χ1v) is 8.69. The molecular weight excluding hydrogens is 308 g/mol. The largest absolute Gasteiger partial charge is 0.366 e. The Balaban J connectivity index is 2.12. The number of benzene rings is 1. The number of sulfonamides is 1. The molecule has 0 saturated carbocycles. The van der Waals surface area contributed by atoms with Gasteiger partial charge in [-0.25, -0.2) is 13.1 Å². The number of amides is 1. The Labute approximate surface area is 127 Å². The van der Waals surface area contributed by atoms with Crippen LogP contribution in [0.1, 0.15) is 20.8 Å². The molecule has 7 heteroatoms. The number of nitrogens with one attached hydrogen (secondary N) is 1. The van der Waals surface area contributed by atoms with E-state index in [0.717, 1.165) is 4.88 Å². The SMILES string of the molecule is Cc1ccc(S(=O)(=O)NCCc2cccs2)cc1C(N)=O. The quantitative estimate of drug-likeness (QED) is 0.847. The van der Waals surface area contributed by atoms with Gasteiger partial charge in [-0.2, -0.15) is 0 Å². The van der Waals surface area contributed by atoms with E-state index in [4.69, 9.17) is 5.73 Å². The maximum absolute atomic E-state index is 12.2. The van der Waals surface area contributed by atoms with E-state index < -0.39 is 15.9 Å². The van der Waals surface area contributed by atoms with Crippen LogP contribution >= 0.6 is 11.3 Å². The van der Waals surface area contributed by atoms with E-state index in [2.05, 4.69) is 4.72 Å². The highest BCUT2D eigenvalue weighted by Crippen LogP contribution is 2.15. The van der Waals surface area contributed by atoms with Gasteiger partial charge in [-0.1, -0.05) is 12.1 Å². The number of primary amides is 1. The van der Waals surface area contributed by atoms with Crippen molar-refractivity contribution in [1.29, 1.82) is 0 Å². The summed E-state index contributed by atoms with van der Waals surface area (Å²) in [5.41, 5.74) is 6.11. The lowest BCUT2D eigenvalue weighted by atomic mass is 10.1. The smallest absolute Gasteiger partial charge is 0.249 e. The standard InChI is InChI=1S/C14H16N2O3S2/c1-10-4-5-12(9-13(10)14(15)17)21(18,19)16-7-6-11-3-2-8-20-11/h2-5,8-9,16H,6-7H2,1H3,(H2,15,17). The fourth-order valence-corrected chi connectivity index (χ4v) is 3.65. The molecule has 0 radical (unpaired) electrons. The first-order chi connectivity index (χ1) is 9.90. The lowest BCUT2D eigenvalue weighted by Crippen LogP contribution is -2.26. The summed E-state index contributed by atoms with van der Waals surface area (Å²) in [7, 11) is -3.64. The molecule has 2 aromatic rings. The van der Waals surface area contributed by atoms with Gasteiger partial charge in [0.25, 0.3) is 0 Å². The van der Waals surface area contributed by atoms with Crippen LogP contribution in [0.2, 0.25) is 0 Å². The van der Waals surface area contributed by atoms with Gasteiger partial charge in [-0.05, 0) is 42.5 Å². The minimum atomic E-state index is -3.64. The van der Waals surface area contributed by atoms with E-state index >= 15 is 0 Å². The van der Waals surface area contributed by atoms with Crippen molar-refractivity contribution in [2.45, 2.75) is 18.2 Å². The average molecular weight is 324 g/mol. The van der Waals surface area contributed by atoms with E-state index in [1.807, 2.05) is 17.5 Å². The van der Waals surface area contributed by atoms with Crippen LogP contribution in [-0.4, -0.2) is 20.9 Å². The molecule has 0 saturated heterocycles. The maximum atomic E-state index is 12.2. The van der Waals surface area contributed by atoms with Crippen LogP contribution in [0, 0.1) is 6.92 Å². The van der Waals surface area contributed by atoms with Crippen LogP contribution in [0.5, 0.6) is 0 Å². The predicted octanol–water partition coefficient (Wildman–Crippen LogP) is 1.68. The highest BCUT2D eigenvalue weighted by molar-refractivity contribution is 7.89. The average Bonchev–Trinajstić information content (AvgIpc) is 2.91. The van der Waals surface area contributed by atoms with Crippen LogP contribution in [0.25, 0.3) is 0 Å². The van der Waals surface area contributed by atoms with Crippen molar-refractivity contribution in [3.8, 4) is 0 Å². The second kappa shape index (κ2) is 6.38. The molecule has 1 heterocycles. The summed E-state index contributed by atoms with van der Waals surface area (Å²) in [5.74, 6) is -0.636. The van der Waals surface area contributed by atoms with Gasteiger partial charge in [0, 0.05) is 17.0 Å². The van der Waals surface area contributed by atoms with Gasteiger partial charge in [0.15, 0.2) is 0 Å². The van der Waals surface area contributed by atoms with Crippen LogP contribution in [0.15, 0.2) is 40.6 Å². The number of rotatable bonds is 6. The highest BCUT2D eigenvalue weighted by Gasteiger charge is 2.16. The number of thiophene rings is 1. The lowest BCUT2D eigenvalue weighted by Gasteiger charge is -2.08. The van der Waals surface area contributed by atoms with E-state index in [0.29, 0.717) is 18.5 Å². The first-order valence-electron chi connectivity index (χ1n) is 6.32. The van der Waals surface area contributed by atoms with E-state index in [1.54, 1.807) is 24.3 Å². The van der Waals surface area contributed by atoms with Gasteiger partial charge >= 0.3 is 0 Å². The van der Waals surface area contributed by atoms with E-state index in [1.165, 1.54) is 12.1 Å². The Morgan fingerprint density at radius 2 is 2.10 bits per heavy atom. The first kappa shape index (κ1) is 15.7. The molecule has 21 heavy (non-hydrogen) atoms. The molecule has 0 fully saturated rings. The molecule has 112 valence electrons. The van der Waals surface area contributed by atoms with Crippen molar-refractivity contribution >= 4 is 27.3 Å². The van der Waals surface area contributed by atoms with Gasteiger partial charge in [-0.3, -0.25) is 4.79 Å². The highest BCUT2D eigenvalue weighted by atomic mass is 32.2. The third-order valence-corrected chi connectivity index (χ3v) is 5.42. The lowest BCUT2D eigenvalue weighted by molar-refractivity contribution is 0.0999. The van der Waals surface area contributed by atoms with E-state index in [9.17, 15) is 13.2 Å². The van der Waals surface area contributed by atoms with Gasteiger partial charge in [0.1, 0.15) is 0 Å². The summed E-state index contributed by atoms with van der Waals surface area (Å²) < 4.78 is 26.9. The van der Waals surface area contributed by atoms with Crippen LogP contribution in [0.4, 0.5) is 0 Å². The molecule has 1 aromatic heterocycles. The Morgan fingerprint density at radius 3 is 2.71 bits per heavy atom. The molecule has 0 bridgehead atoms. The molecule has 0 aliphatic carbocycles. The second-order valence-corrected chi connectivity index (χ2v) is 7.37. The molecule has 0 spiro atoms. The van der Waals surface area contributed by atoms with Crippen molar-refractivity contribution in [3.63, 3.8) is 0 Å². The third kappa shape index (κ3) is 3.90. The number of carbonyl (C=O) groups excluding carboxylic acids is 1. The number of aryl methyl sites for hydroxylation is 1. The molecule has 0 unspecified atom stereocenters. The molecule has 1 aromatic carbocycles. The van der Waals surface area contributed by atoms with Gasteiger partial charge < -0.3 is 5.73 Å². The van der Waals surface area contributed by atoms with Crippen molar-refractivity contribution in [3.05, 3.63) is 51.7 Å². The summed E-state index contributed by atoms with van der Waals surface area (Å²) in [6.45, 7) is 2.02. The van der Waals surface area contributed by atoms with Crippen LogP contribution < -0.4 is 10.5 Å². The Bertz CT molecular complexity index is 738. The molecule has 1 amide bonds. The number of hydrogen-bond acceptors (Lipinski definition) is 4. The fourth-order valence-electron chi connectivity index (χ4n) is 1.88. The number of hydrogen-bond donors (Lipinski definition) is 2. The Kier molecular flexibility index (Phi) is 4.76. The molecule has 0 atom stereocenters. The molecular formula is C14H16N2O3S2. The summed E-state index contributed by atoms with van der Waals surface area (Å²) >= 11 is 1.58. The fraction of sp³-hybridized carbons (Fsp3) is 0.214. The monoisotopic (exact) mass is 324 g/mol. The maximum Gasteiger partial charge on any atom is 0.249 e. The Hall–Kier alpha value is -1.70. The van der Waals surface area contributed by atoms with Gasteiger partial charge in [-0.15, -0.1) is 11.3 Å². The van der Waals surface area contributed by atoms with Gasteiger partial charge in [0.2, 0.25) is 15.9 Å². The van der Waals surface area contributed by atoms with Crippen molar-refractivity contribution in [2.75, 3.05) is 6.54 Å². The Morgan fingerprint density at radius 1 is 1.33 bits per heavy atom. The normalized spacial score (nSPS) is 11.5. The minimum absolute atomic E-state index is 0.0491. The number of nitrogens with two attached hydrogens (primary N) is 1. The van der Waals surface area contributed by atoms with Crippen molar-refractivity contribution in [1.82, 2.24) is 4.72 Å². The molecule has 0 aliphatic rings. The van der Waals surface area contributed by atoms with Crippen LogP contribution in [-0.2, 0) is 16.4 Å². The predicted molar refractivity (Wildman–Crippen MR) is 82.9 cm³/mol.